The zero-order valence-corrected chi connectivity index (χ0v) is 11.5. The van der Waals surface area contributed by atoms with E-state index >= 15 is 0 Å². The van der Waals surface area contributed by atoms with Gasteiger partial charge in [-0.1, -0.05) is 18.6 Å². The van der Waals surface area contributed by atoms with Gasteiger partial charge in [-0.05, 0) is 36.5 Å². The minimum Gasteiger partial charge on any atom is -0.326 e. The Hall–Kier alpha value is -0.910. The molecule has 4 nitrogen and oxygen atoms in total. The number of hydrogen-bond acceptors (Lipinski definition) is 3. The summed E-state index contributed by atoms with van der Waals surface area (Å²) in [5, 5.41) is 0. The average Bonchev–Trinajstić information content (AvgIpc) is 2.33. The molecule has 0 radical (unpaired) electrons. The molecular weight excluding hydrogens is 248 g/mol. The van der Waals surface area contributed by atoms with Gasteiger partial charge in [-0.15, -0.1) is 0 Å². The Morgan fingerprint density at radius 2 is 2.11 bits per heavy atom. The number of benzene rings is 1. The molecular formula is C13H20N2O2S. The van der Waals surface area contributed by atoms with Crippen molar-refractivity contribution < 1.29 is 8.42 Å². The molecule has 1 aromatic carbocycles. The van der Waals surface area contributed by atoms with E-state index in [2.05, 4.69) is 0 Å². The molecule has 18 heavy (non-hydrogen) atoms. The van der Waals surface area contributed by atoms with Gasteiger partial charge in [0.2, 0.25) is 10.0 Å². The second kappa shape index (κ2) is 5.38. The van der Waals surface area contributed by atoms with E-state index in [1.54, 1.807) is 25.2 Å². The van der Waals surface area contributed by atoms with Gasteiger partial charge in [0, 0.05) is 20.1 Å². The third-order valence-corrected chi connectivity index (χ3v) is 5.40. The maximum atomic E-state index is 12.4. The van der Waals surface area contributed by atoms with E-state index in [4.69, 9.17) is 5.73 Å². The lowest BCUT2D eigenvalue weighted by molar-refractivity contribution is 0.263. The van der Waals surface area contributed by atoms with Crippen molar-refractivity contribution in [2.45, 2.75) is 30.7 Å². The summed E-state index contributed by atoms with van der Waals surface area (Å²) >= 11 is 0. The Bertz CT molecular complexity index is 509. The quantitative estimate of drug-likeness (QED) is 0.881. The molecule has 0 unspecified atom stereocenters. The molecule has 1 fully saturated rings. The van der Waals surface area contributed by atoms with Crippen LogP contribution in [0.5, 0.6) is 0 Å². The van der Waals surface area contributed by atoms with Crippen LogP contribution >= 0.6 is 0 Å². The molecule has 100 valence electrons. The Morgan fingerprint density at radius 1 is 1.39 bits per heavy atom. The molecule has 0 saturated heterocycles. The van der Waals surface area contributed by atoms with E-state index in [1.165, 1.54) is 10.7 Å². The van der Waals surface area contributed by atoms with E-state index in [9.17, 15) is 8.42 Å². The van der Waals surface area contributed by atoms with Crippen LogP contribution in [-0.2, 0) is 16.6 Å². The van der Waals surface area contributed by atoms with Gasteiger partial charge in [-0.3, -0.25) is 0 Å². The summed E-state index contributed by atoms with van der Waals surface area (Å²) in [5.41, 5.74) is 6.38. The Kier molecular flexibility index (Phi) is 4.04. The summed E-state index contributed by atoms with van der Waals surface area (Å²) in [6.45, 7) is 0.977. The van der Waals surface area contributed by atoms with Crippen molar-refractivity contribution >= 4 is 10.0 Å². The fourth-order valence-electron chi connectivity index (χ4n) is 2.15. The van der Waals surface area contributed by atoms with Crippen molar-refractivity contribution in [3.63, 3.8) is 0 Å². The topological polar surface area (TPSA) is 63.4 Å². The maximum Gasteiger partial charge on any atom is 0.242 e. The molecule has 2 rings (SSSR count). The second-order valence-corrected chi connectivity index (χ2v) is 6.98. The maximum absolute atomic E-state index is 12.4. The normalized spacial score (nSPS) is 16.8. The molecule has 1 aliphatic rings. The van der Waals surface area contributed by atoms with Crippen LogP contribution in [0.3, 0.4) is 0 Å². The lowest BCUT2D eigenvalue weighted by Crippen LogP contribution is -2.34. The van der Waals surface area contributed by atoms with Crippen LogP contribution in [-0.4, -0.2) is 26.3 Å². The van der Waals surface area contributed by atoms with Crippen LogP contribution in [0, 0.1) is 5.92 Å². The van der Waals surface area contributed by atoms with Crippen molar-refractivity contribution in [2.75, 3.05) is 13.6 Å². The molecule has 2 N–H and O–H groups in total. The number of nitrogens with zero attached hydrogens (tertiary/aromatic N) is 1. The number of rotatable bonds is 5. The monoisotopic (exact) mass is 268 g/mol. The van der Waals surface area contributed by atoms with Crippen LogP contribution in [0.25, 0.3) is 0 Å². The smallest absolute Gasteiger partial charge is 0.242 e. The minimum atomic E-state index is -3.37. The van der Waals surface area contributed by atoms with Crippen molar-refractivity contribution in [1.82, 2.24) is 4.31 Å². The zero-order chi connectivity index (χ0) is 13.2. The lowest BCUT2D eigenvalue weighted by Gasteiger charge is -2.29. The van der Waals surface area contributed by atoms with Crippen LogP contribution in [0.4, 0.5) is 0 Å². The van der Waals surface area contributed by atoms with Crippen molar-refractivity contribution in [3.8, 4) is 0 Å². The Balaban J connectivity index is 2.17. The summed E-state index contributed by atoms with van der Waals surface area (Å²) < 4.78 is 26.2. The molecule has 0 aliphatic heterocycles. The largest absolute Gasteiger partial charge is 0.326 e. The summed E-state index contributed by atoms with van der Waals surface area (Å²) in [6, 6.07) is 6.87. The third-order valence-electron chi connectivity index (χ3n) is 3.58. The van der Waals surface area contributed by atoms with Gasteiger partial charge in [-0.2, -0.15) is 0 Å². The molecule has 1 saturated carbocycles. The first-order valence-electron chi connectivity index (χ1n) is 6.29. The number of nitrogens with two attached hydrogens (primary N) is 1. The SMILES string of the molecule is CN(CC1CCC1)S(=O)(=O)c1cccc(CN)c1. The molecule has 1 aromatic rings. The van der Waals surface area contributed by atoms with Gasteiger partial charge in [0.05, 0.1) is 4.90 Å². The van der Waals surface area contributed by atoms with Gasteiger partial charge in [0.15, 0.2) is 0 Å². The van der Waals surface area contributed by atoms with Gasteiger partial charge in [0.1, 0.15) is 0 Å². The van der Waals surface area contributed by atoms with Gasteiger partial charge < -0.3 is 5.73 Å². The van der Waals surface area contributed by atoms with E-state index in [-0.39, 0.29) is 0 Å². The second-order valence-electron chi connectivity index (χ2n) is 4.93. The molecule has 1 aliphatic carbocycles. The Morgan fingerprint density at radius 3 is 2.67 bits per heavy atom. The average molecular weight is 268 g/mol. The third kappa shape index (κ3) is 2.74. The first-order valence-corrected chi connectivity index (χ1v) is 7.73. The van der Waals surface area contributed by atoms with Gasteiger partial charge in [0.25, 0.3) is 0 Å². The van der Waals surface area contributed by atoms with Gasteiger partial charge >= 0.3 is 0 Å². The van der Waals surface area contributed by atoms with Gasteiger partial charge in [-0.25, -0.2) is 12.7 Å². The van der Waals surface area contributed by atoms with Crippen molar-refractivity contribution in [3.05, 3.63) is 29.8 Å². The molecule has 0 spiro atoms. The zero-order valence-electron chi connectivity index (χ0n) is 10.7. The molecule has 0 atom stereocenters. The molecule has 5 heteroatoms. The Labute approximate surface area is 109 Å². The predicted octanol–water partition coefficient (Wildman–Crippen LogP) is 1.57. The lowest BCUT2D eigenvalue weighted by atomic mass is 9.86. The van der Waals surface area contributed by atoms with Crippen molar-refractivity contribution in [2.24, 2.45) is 11.7 Å². The van der Waals surface area contributed by atoms with E-state index in [0.29, 0.717) is 23.9 Å². The first kappa shape index (κ1) is 13.5. The van der Waals surface area contributed by atoms with E-state index in [1.807, 2.05) is 6.07 Å². The highest BCUT2D eigenvalue weighted by molar-refractivity contribution is 7.89. The fourth-order valence-corrected chi connectivity index (χ4v) is 3.47. The van der Waals surface area contributed by atoms with E-state index in [0.717, 1.165) is 18.4 Å². The molecule has 0 heterocycles. The number of hydrogen-bond donors (Lipinski definition) is 1. The molecule has 0 amide bonds. The summed E-state index contributed by atoms with van der Waals surface area (Å²) in [6.07, 6.45) is 3.51. The highest BCUT2D eigenvalue weighted by Gasteiger charge is 2.26. The standard InChI is InChI=1S/C13H20N2O2S/c1-15(10-11-4-2-5-11)18(16,17)13-7-3-6-12(8-13)9-14/h3,6-8,11H,2,4-5,9-10,14H2,1H3. The molecule has 0 bridgehead atoms. The van der Waals surface area contributed by atoms with Crippen LogP contribution < -0.4 is 5.73 Å². The highest BCUT2D eigenvalue weighted by Crippen LogP contribution is 2.28. The van der Waals surface area contributed by atoms with Crippen LogP contribution in [0.15, 0.2) is 29.2 Å². The van der Waals surface area contributed by atoms with Crippen molar-refractivity contribution in [1.29, 1.82) is 0 Å². The summed E-state index contributed by atoms with van der Waals surface area (Å²) in [5.74, 6) is 0.530. The van der Waals surface area contributed by atoms with E-state index < -0.39 is 10.0 Å². The predicted molar refractivity (Wildman–Crippen MR) is 71.5 cm³/mol. The summed E-state index contributed by atoms with van der Waals surface area (Å²) in [4.78, 5) is 0.340. The first-order chi connectivity index (χ1) is 8.54. The number of sulfonamides is 1. The fraction of sp³-hybridized carbons (Fsp3) is 0.538. The van der Waals surface area contributed by atoms with Crippen LogP contribution in [0.1, 0.15) is 24.8 Å². The molecule has 0 aromatic heterocycles. The highest BCUT2D eigenvalue weighted by atomic mass is 32.2. The van der Waals surface area contributed by atoms with Crippen LogP contribution in [0.2, 0.25) is 0 Å². The minimum absolute atomic E-state index is 0.340. The summed E-state index contributed by atoms with van der Waals surface area (Å²) in [7, 11) is -1.71.